The van der Waals surface area contributed by atoms with Gasteiger partial charge in [0.25, 0.3) is 0 Å². The van der Waals surface area contributed by atoms with Crippen molar-refractivity contribution in [1.82, 2.24) is 14.5 Å². The Morgan fingerprint density at radius 2 is 1.76 bits per heavy atom. The molecule has 2 aromatic carbocycles. The van der Waals surface area contributed by atoms with Crippen molar-refractivity contribution >= 4 is 10.0 Å². The Labute approximate surface area is 172 Å². The maximum absolute atomic E-state index is 13.5. The van der Waals surface area contributed by atoms with Crippen molar-refractivity contribution in [2.45, 2.75) is 17.9 Å². The number of sulfonamides is 1. The summed E-state index contributed by atoms with van der Waals surface area (Å²) >= 11 is 0. The van der Waals surface area contributed by atoms with E-state index < -0.39 is 15.8 Å². The van der Waals surface area contributed by atoms with Crippen LogP contribution in [0, 0.1) is 12.7 Å². The molecule has 1 aliphatic rings. The quantitative estimate of drug-likeness (QED) is 0.744. The van der Waals surface area contributed by atoms with E-state index in [1.54, 1.807) is 14.0 Å². The number of benzene rings is 2. The van der Waals surface area contributed by atoms with Crippen molar-refractivity contribution in [1.29, 1.82) is 0 Å². The molecule has 1 N–H and O–H groups in total. The molecule has 1 aliphatic heterocycles. The van der Waals surface area contributed by atoms with Crippen LogP contribution in [0.4, 0.5) is 4.39 Å². The molecule has 1 saturated heterocycles. The lowest BCUT2D eigenvalue weighted by Gasteiger charge is -2.38. The number of hydrogen-bond acceptors (Lipinski definition) is 5. The zero-order valence-corrected chi connectivity index (χ0v) is 17.9. The maximum atomic E-state index is 13.5. The summed E-state index contributed by atoms with van der Waals surface area (Å²) in [5.41, 5.74) is 1.33. The highest BCUT2D eigenvalue weighted by Crippen LogP contribution is 2.25. The van der Waals surface area contributed by atoms with Crippen LogP contribution in [0.25, 0.3) is 0 Å². The van der Waals surface area contributed by atoms with E-state index in [0.29, 0.717) is 5.56 Å². The van der Waals surface area contributed by atoms with Gasteiger partial charge in [0.15, 0.2) is 0 Å². The van der Waals surface area contributed by atoms with Crippen LogP contribution in [-0.2, 0) is 10.0 Å². The summed E-state index contributed by atoms with van der Waals surface area (Å²) in [5.74, 6) is 0.339. The molecule has 0 radical (unpaired) electrons. The first-order chi connectivity index (χ1) is 13.8. The van der Waals surface area contributed by atoms with Crippen LogP contribution in [-0.4, -0.2) is 65.1 Å². The van der Waals surface area contributed by atoms with E-state index in [1.165, 1.54) is 18.2 Å². The number of piperazine rings is 1. The van der Waals surface area contributed by atoms with Gasteiger partial charge in [0.1, 0.15) is 11.6 Å². The Morgan fingerprint density at radius 3 is 2.34 bits per heavy atom. The lowest BCUT2D eigenvalue weighted by atomic mass is 10.0. The predicted octanol–water partition coefficient (Wildman–Crippen LogP) is 2.41. The molecule has 3 rings (SSSR count). The summed E-state index contributed by atoms with van der Waals surface area (Å²) in [4.78, 5) is 4.62. The van der Waals surface area contributed by atoms with Gasteiger partial charge >= 0.3 is 0 Å². The van der Waals surface area contributed by atoms with Crippen LogP contribution < -0.4 is 9.46 Å². The summed E-state index contributed by atoms with van der Waals surface area (Å²) in [7, 11) is -0.0438. The first kappa shape index (κ1) is 21.7. The van der Waals surface area contributed by atoms with Gasteiger partial charge in [-0.2, -0.15) is 0 Å². The van der Waals surface area contributed by atoms with Crippen molar-refractivity contribution < 1.29 is 17.5 Å². The van der Waals surface area contributed by atoms with Gasteiger partial charge in [0, 0.05) is 38.8 Å². The fourth-order valence-electron chi connectivity index (χ4n) is 3.47. The number of halogens is 1. The third-order valence-electron chi connectivity index (χ3n) is 5.39. The van der Waals surface area contributed by atoms with Crippen molar-refractivity contribution in [2.75, 3.05) is 46.9 Å². The molecule has 0 amide bonds. The van der Waals surface area contributed by atoms with Crippen molar-refractivity contribution in [3.63, 3.8) is 0 Å². The zero-order chi connectivity index (χ0) is 21.0. The second-order valence-corrected chi connectivity index (χ2v) is 9.16. The van der Waals surface area contributed by atoms with Gasteiger partial charge in [-0.05, 0) is 55.4 Å². The van der Waals surface area contributed by atoms with Crippen LogP contribution in [0.3, 0.4) is 0 Å². The third-order valence-corrected chi connectivity index (χ3v) is 6.81. The highest BCUT2D eigenvalue weighted by Gasteiger charge is 2.26. The number of methoxy groups -OCH3 is 1. The molecule has 29 heavy (non-hydrogen) atoms. The van der Waals surface area contributed by atoms with Gasteiger partial charge in [0.2, 0.25) is 10.0 Å². The summed E-state index contributed by atoms with van der Waals surface area (Å²) in [6.07, 6.45) is 0. The van der Waals surface area contributed by atoms with E-state index in [1.807, 2.05) is 24.3 Å². The number of nitrogens with zero attached hydrogens (tertiary/aromatic N) is 2. The van der Waals surface area contributed by atoms with Gasteiger partial charge in [-0.1, -0.05) is 12.1 Å². The second kappa shape index (κ2) is 9.21. The van der Waals surface area contributed by atoms with Gasteiger partial charge in [0.05, 0.1) is 12.0 Å². The average molecular weight is 422 g/mol. The van der Waals surface area contributed by atoms with Gasteiger partial charge in [-0.3, -0.25) is 4.90 Å². The van der Waals surface area contributed by atoms with Gasteiger partial charge in [-0.15, -0.1) is 0 Å². The fraction of sp³-hybridized carbons (Fsp3) is 0.429. The largest absolute Gasteiger partial charge is 0.497 e. The van der Waals surface area contributed by atoms with Crippen molar-refractivity contribution in [3.8, 4) is 5.75 Å². The number of rotatable bonds is 7. The van der Waals surface area contributed by atoms with Crippen molar-refractivity contribution in [2.24, 2.45) is 0 Å². The molecule has 0 bridgehead atoms. The SMILES string of the molecule is COc1ccc([C@@H](CNS(=O)(=O)c2ccc(F)c(C)c2)N2CCN(C)CC2)cc1. The maximum Gasteiger partial charge on any atom is 0.240 e. The molecular weight excluding hydrogens is 393 g/mol. The number of nitrogens with one attached hydrogen (secondary N) is 1. The second-order valence-electron chi connectivity index (χ2n) is 7.39. The molecule has 6 nitrogen and oxygen atoms in total. The topological polar surface area (TPSA) is 61.9 Å². The molecule has 1 fully saturated rings. The van der Waals surface area contributed by atoms with Crippen LogP contribution >= 0.6 is 0 Å². The molecule has 1 atom stereocenters. The molecule has 0 saturated carbocycles. The van der Waals surface area contributed by atoms with Crippen LogP contribution in [0.5, 0.6) is 5.75 Å². The van der Waals surface area contributed by atoms with Crippen LogP contribution in [0.1, 0.15) is 17.2 Å². The number of ether oxygens (including phenoxy) is 1. The Hall–Kier alpha value is -2.00. The Balaban J connectivity index is 1.81. The zero-order valence-electron chi connectivity index (χ0n) is 17.1. The minimum atomic E-state index is -3.74. The van der Waals surface area contributed by atoms with E-state index in [0.717, 1.165) is 37.5 Å². The first-order valence-electron chi connectivity index (χ1n) is 9.62. The van der Waals surface area contributed by atoms with Crippen molar-refractivity contribution in [3.05, 3.63) is 59.4 Å². The molecule has 1 heterocycles. The highest BCUT2D eigenvalue weighted by atomic mass is 32.2. The number of hydrogen-bond donors (Lipinski definition) is 1. The van der Waals surface area contributed by atoms with E-state index in [-0.39, 0.29) is 17.5 Å². The highest BCUT2D eigenvalue weighted by molar-refractivity contribution is 7.89. The van der Waals surface area contributed by atoms with E-state index >= 15 is 0 Å². The monoisotopic (exact) mass is 421 g/mol. The van der Waals surface area contributed by atoms with Gasteiger partial charge < -0.3 is 9.64 Å². The molecule has 8 heteroatoms. The normalized spacial score (nSPS) is 17.2. The average Bonchev–Trinajstić information content (AvgIpc) is 2.71. The lowest BCUT2D eigenvalue weighted by Crippen LogP contribution is -2.48. The fourth-order valence-corrected chi connectivity index (χ4v) is 4.60. The first-order valence-corrected chi connectivity index (χ1v) is 11.1. The Kier molecular flexibility index (Phi) is 6.89. The third kappa shape index (κ3) is 5.33. The van der Waals surface area contributed by atoms with E-state index in [9.17, 15) is 12.8 Å². The van der Waals surface area contributed by atoms with Crippen LogP contribution in [0.15, 0.2) is 47.4 Å². The molecule has 2 aromatic rings. The summed E-state index contributed by atoms with van der Waals surface area (Å²) < 4.78 is 47.1. The standard InChI is InChI=1S/C21H28FN3O3S/c1-16-14-19(8-9-20(16)22)29(26,27)23-15-21(25-12-10-24(2)11-13-25)17-4-6-18(28-3)7-5-17/h4-9,14,21,23H,10-13,15H2,1-3H3/t21-/m1/s1. The summed E-state index contributed by atoms with van der Waals surface area (Å²) in [6, 6.07) is 11.4. The lowest BCUT2D eigenvalue weighted by molar-refractivity contribution is 0.113. The number of likely N-dealkylation sites (N-methyl/N-ethyl adjacent to an activating group) is 1. The molecular formula is C21H28FN3O3S. The predicted molar refractivity (Wildman–Crippen MR) is 111 cm³/mol. The van der Waals surface area contributed by atoms with Gasteiger partial charge in [-0.25, -0.2) is 17.5 Å². The molecule has 0 aliphatic carbocycles. The smallest absolute Gasteiger partial charge is 0.240 e. The van der Waals surface area contributed by atoms with E-state index in [4.69, 9.17) is 4.74 Å². The van der Waals surface area contributed by atoms with E-state index in [2.05, 4.69) is 21.6 Å². The Morgan fingerprint density at radius 1 is 1.10 bits per heavy atom. The van der Waals surface area contributed by atoms with Crippen LogP contribution in [0.2, 0.25) is 0 Å². The Bertz CT molecular complexity index is 927. The molecule has 0 aromatic heterocycles. The molecule has 0 spiro atoms. The minimum absolute atomic E-state index is 0.0725. The summed E-state index contributed by atoms with van der Waals surface area (Å²) in [5, 5.41) is 0. The minimum Gasteiger partial charge on any atom is -0.497 e. The number of aryl methyl sites for hydroxylation is 1. The molecule has 0 unspecified atom stereocenters. The summed E-state index contributed by atoms with van der Waals surface area (Å²) in [6.45, 7) is 5.34. The molecule has 158 valence electrons.